The zero-order valence-corrected chi connectivity index (χ0v) is 14.2. The Balaban J connectivity index is 1.73. The van der Waals surface area contributed by atoms with Gasteiger partial charge in [-0.25, -0.2) is 0 Å². The third-order valence-corrected chi connectivity index (χ3v) is 4.23. The van der Waals surface area contributed by atoms with E-state index in [-0.39, 0.29) is 0 Å². The van der Waals surface area contributed by atoms with Crippen LogP contribution in [-0.4, -0.2) is 4.98 Å². The lowest BCUT2D eigenvalue weighted by Crippen LogP contribution is -1.87. The van der Waals surface area contributed by atoms with E-state index in [2.05, 4.69) is 48.0 Å². The Kier molecular flexibility index (Phi) is 5.39. The molecule has 0 saturated heterocycles. The summed E-state index contributed by atoms with van der Waals surface area (Å²) in [6.45, 7) is 3.76. The maximum absolute atomic E-state index is 8.87. The number of pyridine rings is 1. The van der Waals surface area contributed by atoms with Crippen LogP contribution in [-0.2, 0) is 6.42 Å². The molecule has 0 unspecified atom stereocenters. The second-order valence-electron chi connectivity index (χ2n) is 6.00. The highest BCUT2D eigenvalue weighted by Gasteiger charge is 2.03. The number of aromatic nitrogens is 1. The predicted molar refractivity (Wildman–Crippen MR) is 103 cm³/mol. The van der Waals surface area contributed by atoms with Crippen molar-refractivity contribution in [1.82, 2.24) is 4.98 Å². The lowest BCUT2D eigenvalue weighted by Gasteiger charge is -2.06. The van der Waals surface area contributed by atoms with Crippen molar-refractivity contribution in [3.05, 3.63) is 90.6 Å². The summed E-state index contributed by atoms with van der Waals surface area (Å²) in [6.07, 6.45) is 7.16. The molecule has 0 amide bonds. The number of allylic oxidation sites excluding steroid dienone is 1. The van der Waals surface area contributed by atoms with Crippen LogP contribution in [0.25, 0.3) is 22.4 Å². The Morgan fingerprint density at radius 3 is 2.16 bits per heavy atom. The van der Waals surface area contributed by atoms with Gasteiger partial charge >= 0.3 is 0 Å². The van der Waals surface area contributed by atoms with Crippen molar-refractivity contribution in [2.24, 2.45) is 0 Å². The Morgan fingerprint density at radius 2 is 1.56 bits per heavy atom. The van der Waals surface area contributed by atoms with Gasteiger partial charge in [-0.3, -0.25) is 4.98 Å². The summed E-state index contributed by atoms with van der Waals surface area (Å²) in [4.78, 5) is 4.57. The van der Waals surface area contributed by atoms with Gasteiger partial charge in [0.25, 0.3) is 0 Å². The summed E-state index contributed by atoms with van der Waals surface area (Å²) in [5, 5.41) is 8.87. The number of unbranched alkanes of at least 4 members (excludes halogenated alkanes) is 1. The molecule has 0 aliphatic rings. The minimum atomic E-state index is 0.661. The number of nitriles is 1. The number of nitrogens with zero attached hydrogens (tertiary/aromatic N) is 2. The van der Waals surface area contributed by atoms with Crippen molar-refractivity contribution < 1.29 is 0 Å². The van der Waals surface area contributed by atoms with Gasteiger partial charge in [0.05, 0.1) is 17.3 Å². The van der Waals surface area contributed by atoms with E-state index in [0.29, 0.717) is 5.56 Å². The maximum atomic E-state index is 8.87. The molecule has 2 aromatic carbocycles. The normalized spacial score (nSPS) is 10.2. The van der Waals surface area contributed by atoms with E-state index in [1.165, 1.54) is 11.1 Å². The number of aryl methyl sites for hydroxylation is 1. The monoisotopic (exact) mass is 324 g/mol. The average Bonchev–Trinajstić information content (AvgIpc) is 2.69. The van der Waals surface area contributed by atoms with E-state index >= 15 is 0 Å². The zero-order valence-electron chi connectivity index (χ0n) is 14.2. The quantitative estimate of drug-likeness (QED) is 0.424. The molecule has 0 N–H and O–H groups in total. The van der Waals surface area contributed by atoms with Crippen LogP contribution in [0, 0.1) is 11.3 Å². The molecule has 0 atom stereocenters. The summed E-state index contributed by atoms with van der Waals surface area (Å²) >= 11 is 0. The van der Waals surface area contributed by atoms with Crippen molar-refractivity contribution >= 4 is 0 Å². The van der Waals surface area contributed by atoms with Crippen molar-refractivity contribution in [3.8, 4) is 28.5 Å². The van der Waals surface area contributed by atoms with Gasteiger partial charge in [0.1, 0.15) is 0 Å². The maximum Gasteiger partial charge on any atom is 0.0991 e. The molecule has 122 valence electrons. The van der Waals surface area contributed by atoms with Gasteiger partial charge in [-0.1, -0.05) is 48.5 Å². The van der Waals surface area contributed by atoms with Gasteiger partial charge in [0, 0.05) is 17.3 Å². The Labute approximate surface area is 149 Å². The van der Waals surface area contributed by atoms with Gasteiger partial charge in [0.2, 0.25) is 0 Å². The van der Waals surface area contributed by atoms with Gasteiger partial charge < -0.3 is 0 Å². The largest absolute Gasteiger partial charge is 0.256 e. The minimum absolute atomic E-state index is 0.661. The van der Waals surface area contributed by atoms with Crippen LogP contribution in [0.15, 0.2) is 79.5 Å². The fourth-order valence-corrected chi connectivity index (χ4v) is 2.77. The summed E-state index contributed by atoms with van der Waals surface area (Å²) in [5.74, 6) is 0. The highest BCUT2D eigenvalue weighted by molar-refractivity contribution is 5.67. The third-order valence-electron chi connectivity index (χ3n) is 4.23. The number of benzene rings is 2. The number of rotatable bonds is 6. The summed E-state index contributed by atoms with van der Waals surface area (Å²) in [7, 11) is 0. The van der Waals surface area contributed by atoms with Crippen LogP contribution in [0.2, 0.25) is 0 Å². The van der Waals surface area contributed by atoms with Gasteiger partial charge in [-0.2, -0.15) is 5.26 Å². The topological polar surface area (TPSA) is 36.7 Å². The van der Waals surface area contributed by atoms with Crippen LogP contribution in [0.5, 0.6) is 0 Å². The second-order valence-corrected chi connectivity index (χ2v) is 6.00. The summed E-state index contributed by atoms with van der Waals surface area (Å²) < 4.78 is 0. The first-order valence-corrected chi connectivity index (χ1v) is 8.47. The van der Waals surface area contributed by atoms with Crippen LogP contribution in [0.1, 0.15) is 24.0 Å². The Hall–Kier alpha value is -3.18. The molecule has 2 heteroatoms. The van der Waals surface area contributed by atoms with Gasteiger partial charge in [-0.05, 0) is 48.6 Å². The Morgan fingerprint density at radius 1 is 0.880 bits per heavy atom. The minimum Gasteiger partial charge on any atom is -0.256 e. The smallest absolute Gasteiger partial charge is 0.0991 e. The molecule has 0 bridgehead atoms. The first-order chi connectivity index (χ1) is 12.3. The molecule has 3 aromatic rings. The van der Waals surface area contributed by atoms with Crippen LogP contribution >= 0.6 is 0 Å². The molecular formula is C23H20N2. The zero-order chi connectivity index (χ0) is 17.5. The first kappa shape index (κ1) is 16.7. The number of hydrogen-bond acceptors (Lipinski definition) is 2. The summed E-state index contributed by atoms with van der Waals surface area (Å²) in [5.41, 5.74) is 6.22. The van der Waals surface area contributed by atoms with Crippen molar-refractivity contribution in [3.63, 3.8) is 0 Å². The van der Waals surface area contributed by atoms with Crippen LogP contribution in [0.3, 0.4) is 0 Å². The molecule has 3 rings (SSSR count). The van der Waals surface area contributed by atoms with Crippen LogP contribution < -0.4 is 0 Å². The van der Waals surface area contributed by atoms with Crippen LogP contribution in [0.4, 0.5) is 0 Å². The van der Waals surface area contributed by atoms with Gasteiger partial charge in [-0.15, -0.1) is 6.58 Å². The van der Waals surface area contributed by atoms with E-state index in [1.807, 2.05) is 42.6 Å². The molecule has 0 aliphatic heterocycles. The van der Waals surface area contributed by atoms with E-state index in [4.69, 9.17) is 5.26 Å². The fourth-order valence-electron chi connectivity index (χ4n) is 2.77. The molecule has 1 aromatic heterocycles. The van der Waals surface area contributed by atoms with Crippen molar-refractivity contribution in [1.29, 1.82) is 5.26 Å². The molecule has 2 nitrogen and oxygen atoms in total. The SMILES string of the molecule is C=CCCCc1ccc(-c2ccc(-c3ccc(C#N)cc3)nc2)cc1. The molecule has 0 fully saturated rings. The molecule has 0 radical (unpaired) electrons. The molecule has 1 heterocycles. The molecule has 0 saturated carbocycles. The van der Waals surface area contributed by atoms with Crippen molar-refractivity contribution in [2.75, 3.05) is 0 Å². The standard InChI is InChI=1S/C23H20N2/c1-2-3-4-5-18-6-10-20(11-7-18)22-14-15-23(25-17-22)21-12-8-19(16-24)9-13-21/h2,6-15,17H,1,3-5H2. The van der Waals surface area contributed by atoms with Crippen molar-refractivity contribution in [2.45, 2.75) is 19.3 Å². The summed E-state index contributed by atoms with van der Waals surface area (Å²) in [6, 6.07) is 22.4. The molecule has 0 spiro atoms. The lowest BCUT2D eigenvalue weighted by molar-refractivity contribution is 0.844. The molecule has 0 aliphatic carbocycles. The Bertz CT molecular complexity index is 867. The van der Waals surface area contributed by atoms with E-state index in [1.54, 1.807) is 0 Å². The lowest BCUT2D eigenvalue weighted by atomic mass is 10.0. The number of hydrogen-bond donors (Lipinski definition) is 0. The van der Waals surface area contributed by atoms with E-state index in [0.717, 1.165) is 36.1 Å². The van der Waals surface area contributed by atoms with E-state index < -0.39 is 0 Å². The first-order valence-electron chi connectivity index (χ1n) is 8.47. The predicted octanol–water partition coefficient (Wildman–Crippen LogP) is 5.80. The molecule has 25 heavy (non-hydrogen) atoms. The second kappa shape index (κ2) is 8.08. The highest BCUT2D eigenvalue weighted by atomic mass is 14.7. The average molecular weight is 324 g/mol. The van der Waals surface area contributed by atoms with E-state index in [9.17, 15) is 0 Å². The third kappa shape index (κ3) is 4.22. The molecular weight excluding hydrogens is 304 g/mol. The fraction of sp³-hybridized carbons (Fsp3) is 0.130. The highest BCUT2D eigenvalue weighted by Crippen LogP contribution is 2.23. The van der Waals surface area contributed by atoms with Gasteiger partial charge in [0.15, 0.2) is 0 Å².